The maximum Gasteiger partial charge on any atom is 0.412 e. The molecule has 0 aliphatic heterocycles. The number of carbonyl (C=O) groups excluding carboxylic acids is 2. The number of ketones is 1. The first-order valence-corrected chi connectivity index (χ1v) is 11.4. The Balaban J connectivity index is 1.89. The van der Waals surface area contributed by atoms with E-state index in [4.69, 9.17) is 19.3 Å². The lowest BCUT2D eigenvalue weighted by Crippen LogP contribution is -2.29. The maximum absolute atomic E-state index is 12.9. The SMILES string of the molecule is CC(=O)c1ccc(NC(=O)O[C@@H](c2ccc(OCCO)cc2)[C@H](/C=C/C(=O)O)Oc2ccccc2)cc1. The Morgan fingerprint density at radius 3 is 2.19 bits per heavy atom. The lowest BCUT2D eigenvalue weighted by atomic mass is 10.0. The summed E-state index contributed by atoms with van der Waals surface area (Å²) in [5.74, 6) is -0.359. The minimum absolute atomic E-state index is 0.105. The molecule has 2 atom stereocenters. The third-order valence-corrected chi connectivity index (χ3v) is 5.08. The molecule has 3 N–H and O–H groups in total. The summed E-state index contributed by atoms with van der Waals surface area (Å²) in [5.41, 5.74) is 1.41. The van der Waals surface area contributed by atoms with E-state index < -0.39 is 24.3 Å². The fourth-order valence-electron chi connectivity index (χ4n) is 3.33. The fourth-order valence-corrected chi connectivity index (χ4v) is 3.33. The molecule has 9 heteroatoms. The minimum Gasteiger partial charge on any atom is -0.491 e. The molecule has 3 aromatic rings. The van der Waals surface area contributed by atoms with Gasteiger partial charge < -0.3 is 24.4 Å². The van der Waals surface area contributed by atoms with E-state index in [0.29, 0.717) is 28.3 Å². The lowest BCUT2D eigenvalue weighted by Gasteiger charge is -2.26. The number of carboxylic acids is 1. The highest BCUT2D eigenvalue weighted by molar-refractivity contribution is 5.95. The summed E-state index contributed by atoms with van der Waals surface area (Å²) in [4.78, 5) is 35.6. The number of hydrogen-bond donors (Lipinski definition) is 3. The number of aliphatic hydroxyl groups is 1. The number of para-hydroxylation sites is 1. The molecule has 3 rings (SSSR count). The van der Waals surface area contributed by atoms with E-state index >= 15 is 0 Å². The van der Waals surface area contributed by atoms with Crippen LogP contribution in [0.15, 0.2) is 91.0 Å². The van der Waals surface area contributed by atoms with E-state index in [-0.39, 0.29) is 19.0 Å². The first kappa shape index (κ1) is 27.0. The maximum atomic E-state index is 12.9. The average Bonchev–Trinajstić information content (AvgIpc) is 2.90. The third kappa shape index (κ3) is 8.52. The third-order valence-electron chi connectivity index (χ3n) is 5.08. The molecule has 9 nitrogen and oxygen atoms in total. The predicted octanol–water partition coefficient (Wildman–Crippen LogP) is 4.64. The van der Waals surface area contributed by atoms with Crippen LogP contribution in [-0.4, -0.2) is 47.4 Å². The van der Waals surface area contributed by atoms with Gasteiger partial charge in [0.1, 0.15) is 18.1 Å². The van der Waals surface area contributed by atoms with Crippen LogP contribution in [0, 0.1) is 0 Å². The van der Waals surface area contributed by atoms with Gasteiger partial charge in [-0.25, -0.2) is 9.59 Å². The smallest absolute Gasteiger partial charge is 0.412 e. The molecule has 0 aliphatic rings. The Labute approximate surface area is 213 Å². The second-order valence-electron chi connectivity index (χ2n) is 7.82. The second kappa shape index (κ2) is 13.5. The van der Waals surface area contributed by atoms with E-state index in [0.717, 1.165) is 6.08 Å². The number of nitrogens with one attached hydrogen (secondary N) is 1. The van der Waals surface area contributed by atoms with Gasteiger partial charge in [-0.05, 0) is 67.1 Å². The average molecular weight is 506 g/mol. The van der Waals surface area contributed by atoms with Crippen molar-refractivity contribution in [3.63, 3.8) is 0 Å². The molecule has 0 radical (unpaired) electrons. The van der Waals surface area contributed by atoms with Gasteiger partial charge in [-0.3, -0.25) is 10.1 Å². The van der Waals surface area contributed by atoms with Gasteiger partial charge in [0.15, 0.2) is 18.0 Å². The molecular weight excluding hydrogens is 478 g/mol. The molecule has 0 fully saturated rings. The number of ether oxygens (including phenoxy) is 3. The van der Waals surface area contributed by atoms with Crippen molar-refractivity contribution >= 4 is 23.5 Å². The number of Topliss-reactive ketones (excluding diaryl/α,β-unsaturated/α-hetero) is 1. The Kier molecular flexibility index (Phi) is 9.81. The van der Waals surface area contributed by atoms with Crippen LogP contribution in [0.4, 0.5) is 10.5 Å². The molecule has 0 unspecified atom stereocenters. The van der Waals surface area contributed by atoms with E-state index in [1.807, 2.05) is 0 Å². The minimum atomic E-state index is -1.19. The quantitative estimate of drug-likeness (QED) is 0.240. The molecule has 0 bridgehead atoms. The molecule has 0 aromatic heterocycles. The van der Waals surface area contributed by atoms with Gasteiger partial charge in [-0.1, -0.05) is 30.3 Å². The zero-order chi connectivity index (χ0) is 26.6. The van der Waals surface area contributed by atoms with Gasteiger partial charge in [0, 0.05) is 17.3 Å². The van der Waals surface area contributed by atoms with Crippen LogP contribution in [0.5, 0.6) is 11.5 Å². The predicted molar refractivity (Wildman–Crippen MR) is 136 cm³/mol. The van der Waals surface area contributed by atoms with Crippen molar-refractivity contribution in [2.45, 2.75) is 19.1 Å². The van der Waals surface area contributed by atoms with Crippen molar-refractivity contribution in [3.05, 3.63) is 102 Å². The van der Waals surface area contributed by atoms with Crippen LogP contribution >= 0.6 is 0 Å². The van der Waals surface area contributed by atoms with Gasteiger partial charge in [-0.15, -0.1) is 0 Å². The first-order chi connectivity index (χ1) is 17.9. The van der Waals surface area contributed by atoms with Gasteiger partial charge in [0.05, 0.1) is 6.61 Å². The number of carboxylic acid groups (broad SMARTS) is 1. The summed E-state index contributed by atoms with van der Waals surface area (Å²) in [7, 11) is 0. The number of aliphatic hydroxyl groups excluding tert-OH is 1. The molecular formula is C28H27NO8. The zero-order valence-electron chi connectivity index (χ0n) is 20.1. The number of rotatable bonds is 12. The van der Waals surface area contributed by atoms with E-state index in [2.05, 4.69) is 5.32 Å². The van der Waals surface area contributed by atoms with Gasteiger partial charge in [0.25, 0.3) is 0 Å². The molecule has 37 heavy (non-hydrogen) atoms. The Morgan fingerprint density at radius 1 is 0.919 bits per heavy atom. The molecule has 0 spiro atoms. The number of hydrogen-bond acceptors (Lipinski definition) is 7. The summed E-state index contributed by atoms with van der Waals surface area (Å²) < 4.78 is 17.1. The van der Waals surface area contributed by atoms with Crippen LogP contribution in [0.1, 0.15) is 28.9 Å². The Bertz CT molecular complexity index is 1210. The topological polar surface area (TPSA) is 131 Å². The highest BCUT2D eigenvalue weighted by Crippen LogP contribution is 2.29. The van der Waals surface area contributed by atoms with E-state index in [9.17, 15) is 19.5 Å². The largest absolute Gasteiger partial charge is 0.491 e. The van der Waals surface area contributed by atoms with Gasteiger partial charge in [-0.2, -0.15) is 0 Å². The highest BCUT2D eigenvalue weighted by atomic mass is 16.6. The zero-order valence-corrected chi connectivity index (χ0v) is 20.1. The van der Waals surface area contributed by atoms with Crippen molar-refractivity contribution in [1.29, 1.82) is 0 Å². The summed E-state index contributed by atoms with van der Waals surface area (Å²) in [5, 5.41) is 20.8. The molecule has 0 saturated heterocycles. The number of benzene rings is 3. The summed E-state index contributed by atoms with van der Waals surface area (Å²) in [6.45, 7) is 1.41. The normalized spacial score (nSPS) is 12.4. The van der Waals surface area contributed by atoms with Crippen molar-refractivity contribution < 1.29 is 38.8 Å². The molecule has 0 aliphatic carbocycles. The standard InChI is InChI=1S/C28H27NO8/c1-19(31)20-7-11-22(12-8-20)29-28(34)37-27(21-9-13-23(14-10-21)35-18-17-30)25(15-16-26(32)33)36-24-5-3-2-4-6-24/h2-16,25,27,30H,17-18H2,1H3,(H,29,34)(H,32,33)/b16-15+/t25-,27-/m0/s1. The van der Waals surface area contributed by atoms with Crippen LogP contribution in [0.3, 0.4) is 0 Å². The first-order valence-electron chi connectivity index (χ1n) is 11.4. The van der Waals surface area contributed by atoms with Crippen LogP contribution in [0.2, 0.25) is 0 Å². The summed E-state index contributed by atoms with van der Waals surface area (Å²) >= 11 is 0. The van der Waals surface area contributed by atoms with Crippen molar-refractivity contribution in [1.82, 2.24) is 0 Å². The van der Waals surface area contributed by atoms with Gasteiger partial charge >= 0.3 is 12.1 Å². The number of aliphatic carboxylic acids is 1. The summed E-state index contributed by atoms with van der Waals surface area (Å²) in [6, 6.07) is 21.6. The molecule has 0 saturated carbocycles. The van der Waals surface area contributed by atoms with E-state index in [1.54, 1.807) is 78.9 Å². The lowest BCUT2D eigenvalue weighted by molar-refractivity contribution is -0.131. The second-order valence-corrected chi connectivity index (χ2v) is 7.82. The van der Waals surface area contributed by atoms with Crippen molar-refractivity contribution in [3.8, 4) is 11.5 Å². The molecule has 3 aromatic carbocycles. The van der Waals surface area contributed by atoms with Crippen LogP contribution in [-0.2, 0) is 9.53 Å². The highest BCUT2D eigenvalue weighted by Gasteiger charge is 2.28. The van der Waals surface area contributed by atoms with E-state index in [1.165, 1.54) is 13.0 Å². The molecule has 192 valence electrons. The van der Waals surface area contributed by atoms with Crippen molar-refractivity contribution in [2.75, 3.05) is 18.5 Å². The number of anilines is 1. The fraction of sp³-hybridized carbons (Fsp3) is 0.179. The van der Waals surface area contributed by atoms with Gasteiger partial charge in [0.2, 0.25) is 0 Å². The van der Waals surface area contributed by atoms with Crippen LogP contribution < -0.4 is 14.8 Å². The molecule has 0 heterocycles. The van der Waals surface area contributed by atoms with Crippen LogP contribution in [0.25, 0.3) is 0 Å². The Hall–Kier alpha value is -4.63. The number of carbonyl (C=O) groups is 3. The summed E-state index contributed by atoms with van der Waals surface area (Å²) in [6.07, 6.45) is -0.661. The monoisotopic (exact) mass is 505 g/mol. The Morgan fingerprint density at radius 2 is 1.59 bits per heavy atom. The van der Waals surface area contributed by atoms with Crippen molar-refractivity contribution in [2.24, 2.45) is 0 Å². The number of amides is 1. The molecule has 1 amide bonds.